The first-order valence-electron chi connectivity index (χ1n) is 8.82. The lowest BCUT2D eigenvalue weighted by molar-refractivity contribution is -0.127. The van der Waals surface area contributed by atoms with E-state index >= 15 is 0 Å². The van der Waals surface area contributed by atoms with Gasteiger partial charge in [0.2, 0.25) is 11.8 Å². The Hall–Kier alpha value is -3.00. The maximum absolute atomic E-state index is 12.1. The standard InChI is InChI=1S/C20H21N3O4S/c1-14-6-8-15(9-7-14)28-13-19(25)22-21-18(24)10-11-23-16-4-2-3-5-17(16)27-12-20(23)26/h2-9H,10-13H2,1H3,(H,21,24)(H,22,25). The average Bonchev–Trinajstić information content (AvgIpc) is 2.71. The van der Waals surface area contributed by atoms with E-state index in [1.54, 1.807) is 18.2 Å². The minimum Gasteiger partial charge on any atom is -0.482 e. The number of nitrogens with zero attached hydrogens (tertiary/aromatic N) is 1. The molecule has 146 valence electrons. The fraction of sp³-hybridized carbons (Fsp3) is 0.250. The van der Waals surface area contributed by atoms with Crippen molar-refractivity contribution in [2.75, 3.05) is 23.8 Å². The molecule has 0 aliphatic carbocycles. The van der Waals surface area contributed by atoms with Crippen molar-refractivity contribution in [3.63, 3.8) is 0 Å². The Morgan fingerprint density at radius 1 is 1.07 bits per heavy atom. The summed E-state index contributed by atoms with van der Waals surface area (Å²) >= 11 is 1.39. The Labute approximate surface area is 167 Å². The molecule has 0 bridgehead atoms. The quantitative estimate of drug-likeness (QED) is 0.573. The predicted octanol–water partition coefficient (Wildman–Crippen LogP) is 2.05. The fourth-order valence-electron chi connectivity index (χ4n) is 2.63. The highest BCUT2D eigenvalue weighted by Gasteiger charge is 2.25. The van der Waals surface area contributed by atoms with Gasteiger partial charge in [0.1, 0.15) is 5.75 Å². The van der Waals surface area contributed by atoms with Crippen molar-refractivity contribution in [2.24, 2.45) is 0 Å². The number of fused-ring (bicyclic) bond motifs is 1. The molecule has 2 N–H and O–H groups in total. The van der Waals surface area contributed by atoms with Gasteiger partial charge in [0, 0.05) is 17.9 Å². The summed E-state index contributed by atoms with van der Waals surface area (Å²) in [6.07, 6.45) is 0.0610. The van der Waals surface area contributed by atoms with Gasteiger partial charge in [-0.15, -0.1) is 11.8 Å². The lowest BCUT2D eigenvalue weighted by atomic mass is 10.2. The number of anilines is 1. The van der Waals surface area contributed by atoms with Gasteiger partial charge in [0.15, 0.2) is 6.61 Å². The summed E-state index contributed by atoms with van der Waals surface area (Å²) in [5.41, 5.74) is 6.58. The van der Waals surface area contributed by atoms with Crippen molar-refractivity contribution in [1.29, 1.82) is 0 Å². The van der Waals surface area contributed by atoms with E-state index in [-0.39, 0.29) is 43.0 Å². The Morgan fingerprint density at radius 2 is 1.79 bits per heavy atom. The van der Waals surface area contributed by atoms with Crippen LogP contribution in [-0.2, 0) is 14.4 Å². The second kappa shape index (κ2) is 9.27. The number of hydrogen-bond acceptors (Lipinski definition) is 5. The lowest BCUT2D eigenvalue weighted by Gasteiger charge is -2.29. The van der Waals surface area contributed by atoms with Crippen LogP contribution in [0.4, 0.5) is 5.69 Å². The number of aryl methyl sites for hydroxylation is 1. The number of amides is 3. The van der Waals surface area contributed by atoms with Crippen LogP contribution in [0.15, 0.2) is 53.4 Å². The SMILES string of the molecule is Cc1ccc(SCC(=O)NNC(=O)CCN2C(=O)COc3ccccc32)cc1. The second-order valence-corrected chi connectivity index (χ2v) is 7.30. The van der Waals surface area contributed by atoms with Gasteiger partial charge in [-0.3, -0.25) is 25.2 Å². The van der Waals surface area contributed by atoms with Crippen LogP contribution in [0.3, 0.4) is 0 Å². The fourth-order valence-corrected chi connectivity index (χ4v) is 3.33. The monoisotopic (exact) mass is 399 g/mol. The highest BCUT2D eigenvalue weighted by molar-refractivity contribution is 8.00. The first kappa shape index (κ1) is 19.8. The highest BCUT2D eigenvalue weighted by atomic mass is 32.2. The molecule has 1 aliphatic heterocycles. The summed E-state index contributed by atoms with van der Waals surface area (Å²) in [6.45, 7) is 2.16. The highest BCUT2D eigenvalue weighted by Crippen LogP contribution is 2.31. The minimum absolute atomic E-state index is 0.0500. The van der Waals surface area contributed by atoms with Crippen LogP contribution in [0.25, 0.3) is 0 Å². The van der Waals surface area contributed by atoms with Crippen LogP contribution in [-0.4, -0.2) is 36.6 Å². The van der Waals surface area contributed by atoms with Gasteiger partial charge in [0.25, 0.3) is 5.91 Å². The number of carbonyl (C=O) groups excluding carboxylic acids is 3. The summed E-state index contributed by atoms with van der Waals surface area (Å²) in [6, 6.07) is 15.0. The molecule has 2 aromatic rings. The number of rotatable bonds is 6. The summed E-state index contributed by atoms with van der Waals surface area (Å²) in [7, 11) is 0. The summed E-state index contributed by atoms with van der Waals surface area (Å²) in [4.78, 5) is 38.5. The maximum Gasteiger partial charge on any atom is 0.265 e. The molecule has 0 saturated carbocycles. The molecular formula is C20H21N3O4S. The van der Waals surface area contributed by atoms with Gasteiger partial charge < -0.3 is 9.64 Å². The van der Waals surface area contributed by atoms with Gasteiger partial charge >= 0.3 is 0 Å². The molecule has 0 unspecified atom stereocenters. The van der Waals surface area contributed by atoms with E-state index in [2.05, 4.69) is 10.9 Å². The van der Waals surface area contributed by atoms with Crippen molar-refractivity contribution >= 4 is 35.2 Å². The Balaban J connectivity index is 1.41. The predicted molar refractivity (Wildman–Crippen MR) is 107 cm³/mol. The van der Waals surface area contributed by atoms with E-state index in [0.717, 1.165) is 10.5 Å². The number of nitrogens with one attached hydrogen (secondary N) is 2. The molecule has 0 atom stereocenters. The number of hydrogen-bond donors (Lipinski definition) is 2. The van der Waals surface area contributed by atoms with E-state index < -0.39 is 0 Å². The van der Waals surface area contributed by atoms with Crippen molar-refractivity contribution in [3.8, 4) is 5.75 Å². The van der Waals surface area contributed by atoms with Gasteiger partial charge in [0.05, 0.1) is 11.4 Å². The third-order valence-corrected chi connectivity index (χ3v) is 5.12. The number of carbonyl (C=O) groups is 3. The number of ether oxygens (including phenoxy) is 1. The summed E-state index contributed by atoms with van der Waals surface area (Å²) < 4.78 is 5.37. The molecule has 3 rings (SSSR count). The zero-order valence-corrected chi connectivity index (χ0v) is 16.3. The molecular weight excluding hydrogens is 378 g/mol. The Morgan fingerprint density at radius 3 is 2.57 bits per heavy atom. The average molecular weight is 399 g/mol. The third kappa shape index (κ3) is 5.26. The zero-order chi connectivity index (χ0) is 19.9. The Bertz CT molecular complexity index is 870. The Kier molecular flexibility index (Phi) is 6.54. The molecule has 2 aromatic carbocycles. The topological polar surface area (TPSA) is 87.7 Å². The first-order chi connectivity index (χ1) is 13.5. The first-order valence-corrected chi connectivity index (χ1v) is 9.81. The van der Waals surface area contributed by atoms with Gasteiger partial charge in [-0.2, -0.15) is 0 Å². The molecule has 0 fully saturated rings. The number of thioether (sulfide) groups is 1. The van der Waals surface area contributed by atoms with Crippen molar-refractivity contribution in [2.45, 2.75) is 18.2 Å². The van der Waals surface area contributed by atoms with Crippen molar-refractivity contribution < 1.29 is 19.1 Å². The van der Waals surface area contributed by atoms with Crippen LogP contribution in [0.1, 0.15) is 12.0 Å². The minimum atomic E-state index is -0.370. The molecule has 3 amide bonds. The maximum atomic E-state index is 12.1. The molecule has 0 aromatic heterocycles. The molecule has 1 aliphatic rings. The van der Waals surface area contributed by atoms with Crippen LogP contribution in [0, 0.1) is 6.92 Å². The largest absolute Gasteiger partial charge is 0.482 e. The zero-order valence-electron chi connectivity index (χ0n) is 15.4. The van der Waals surface area contributed by atoms with E-state index in [9.17, 15) is 14.4 Å². The van der Waals surface area contributed by atoms with Crippen molar-refractivity contribution in [3.05, 3.63) is 54.1 Å². The molecule has 0 radical (unpaired) electrons. The number of para-hydroxylation sites is 2. The lowest BCUT2D eigenvalue weighted by Crippen LogP contribution is -2.45. The molecule has 1 heterocycles. The van der Waals surface area contributed by atoms with Crippen LogP contribution >= 0.6 is 11.8 Å². The van der Waals surface area contributed by atoms with Crippen LogP contribution in [0.2, 0.25) is 0 Å². The van der Waals surface area contributed by atoms with Crippen molar-refractivity contribution in [1.82, 2.24) is 10.9 Å². The molecule has 8 heteroatoms. The second-order valence-electron chi connectivity index (χ2n) is 6.25. The van der Waals surface area contributed by atoms with Gasteiger partial charge in [-0.1, -0.05) is 29.8 Å². The third-order valence-electron chi connectivity index (χ3n) is 4.10. The molecule has 0 spiro atoms. The van der Waals surface area contributed by atoms with Crippen LogP contribution in [0.5, 0.6) is 5.75 Å². The van der Waals surface area contributed by atoms with Gasteiger partial charge in [-0.25, -0.2) is 0 Å². The number of hydrazine groups is 1. The normalized spacial score (nSPS) is 12.8. The number of benzene rings is 2. The van der Waals surface area contributed by atoms with E-state index in [1.807, 2.05) is 37.3 Å². The molecule has 0 saturated heterocycles. The van der Waals surface area contributed by atoms with E-state index in [4.69, 9.17) is 4.74 Å². The van der Waals surface area contributed by atoms with E-state index in [1.165, 1.54) is 16.7 Å². The molecule has 28 heavy (non-hydrogen) atoms. The van der Waals surface area contributed by atoms with Gasteiger partial charge in [-0.05, 0) is 31.2 Å². The summed E-state index contributed by atoms with van der Waals surface area (Å²) in [5, 5.41) is 0. The smallest absolute Gasteiger partial charge is 0.265 e. The van der Waals surface area contributed by atoms with E-state index in [0.29, 0.717) is 11.4 Å². The molecule has 7 nitrogen and oxygen atoms in total. The summed E-state index contributed by atoms with van der Waals surface area (Å²) in [5.74, 6) is -0.0651. The van der Waals surface area contributed by atoms with Crippen LogP contribution < -0.4 is 20.5 Å².